The predicted molar refractivity (Wildman–Crippen MR) is 128 cm³/mol. The molecule has 0 saturated carbocycles. The lowest BCUT2D eigenvalue weighted by Gasteiger charge is -2.27. The van der Waals surface area contributed by atoms with E-state index >= 15 is 0 Å². The number of hydrogen-bond donors (Lipinski definition) is 2. The zero-order valence-electron chi connectivity index (χ0n) is 18.2. The molecule has 0 radical (unpaired) electrons. The first-order chi connectivity index (χ1) is 13.0. The van der Waals surface area contributed by atoms with Crippen molar-refractivity contribution in [2.45, 2.75) is 12.5 Å². The average molecular weight is 507 g/mol. The van der Waals surface area contributed by atoms with Gasteiger partial charge in [-0.25, -0.2) is 0 Å². The third kappa shape index (κ3) is 9.90. The fourth-order valence-corrected chi connectivity index (χ4v) is 2.88. The van der Waals surface area contributed by atoms with Gasteiger partial charge >= 0.3 is 0 Å². The highest BCUT2D eigenvalue weighted by molar-refractivity contribution is 14.0. The molecule has 0 aromatic heterocycles. The Balaban J connectivity index is 0.00000729. The number of aliphatic imine (C=N–C) groups is 1. The molecule has 7 nitrogen and oxygen atoms in total. The van der Waals surface area contributed by atoms with Crippen molar-refractivity contribution in [2.24, 2.45) is 4.99 Å². The number of hydrogen-bond acceptors (Lipinski definition) is 5. The van der Waals surface area contributed by atoms with Crippen LogP contribution in [0.1, 0.15) is 18.0 Å². The van der Waals surface area contributed by atoms with Crippen LogP contribution in [0.25, 0.3) is 0 Å². The Morgan fingerprint density at radius 3 is 2.43 bits per heavy atom. The number of nitrogens with zero attached hydrogens (tertiary/aromatic N) is 3. The van der Waals surface area contributed by atoms with Gasteiger partial charge in [0.25, 0.3) is 0 Å². The molecule has 1 rings (SSSR count). The van der Waals surface area contributed by atoms with Crippen LogP contribution in [-0.4, -0.2) is 91.0 Å². The number of guanidine groups is 1. The minimum absolute atomic E-state index is 0. The van der Waals surface area contributed by atoms with Gasteiger partial charge in [0.1, 0.15) is 5.75 Å². The summed E-state index contributed by atoms with van der Waals surface area (Å²) in [6.45, 7) is 4.35. The quantitative estimate of drug-likeness (QED) is 0.196. The van der Waals surface area contributed by atoms with Crippen LogP contribution < -0.4 is 15.4 Å². The van der Waals surface area contributed by atoms with Gasteiger partial charge in [0, 0.05) is 52.5 Å². The zero-order chi connectivity index (χ0) is 20.1. The number of para-hydroxylation sites is 1. The Labute approximate surface area is 187 Å². The summed E-state index contributed by atoms with van der Waals surface area (Å²) in [5, 5.41) is 6.81. The van der Waals surface area contributed by atoms with E-state index in [1.165, 1.54) is 0 Å². The van der Waals surface area contributed by atoms with E-state index in [4.69, 9.17) is 9.47 Å². The monoisotopic (exact) mass is 507 g/mol. The molecule has 1 aromatic rings. The van der Waals surface area contributed by atoms with Crippen LogP contribution in [0.3, 0.4) is 0 Å². The normalized spacial score (nSPS) is 12.6. The molecule has 0 aliphatic rings. The van der Waals surface area contributed by atoms with Crippen molar-refractivity contribution in [1.82, 2.24) is 20.4 Å². The minimum atomic E-state index is 0. The molecule has 0 spiro atoms. The molecular formula is C20H38IN5O2. The number of likely N-dealkylation sites (N-methyl/N-ethyl adjacent to an activating group) is 2. The van der Waals surface area contributed by atoms with Crippen molar-refractivity contribution >= 4 is 29.9 Å². The Morgan fingerprint density at radius 1 is 1.11 bits per heavy atom. The summed E-state index contributed by atoms with van der Waals surface area (Å²) in [4.78, 5) is 8.80. The summed E-state index contributed by atoms with van der Waals surface area (Å²) >= 11 is 0. The lowest BCUT2D eigenvalue weighted by Crippen LogP contribution is -2.44. The topological polar surface area (TPSA) is 61.4 Å². The van der Waals surface area contributed by atoms with Crippen molar-refractivity contribution in [3.63, 3.8) is 0 Å². The third-order valence-electron chi connectivity index (χ3n) is 4.48. The number of nitrogens with one attached hydrogen (secondary N) is 2. The third-order valence-corrected chi connectivity index (χ3v) is 4.48. The van der Waals surface area contributed by atoms with E-state index in [0.29, 0.717) is 0 Å². The van der Waals surface area contributed by atoms with E-state index in [9.17, 15) is 0 Å². The first-order valence-electron chi connectivity index (χ1n) is 9.44. The first-order valence-corrected chi connectivity index (χ1v) is 9.44. The Hall–Kier alpha value is -1.10. The molecule has 0 aliphatic carbocycles. The van der Waals surface area contributed by atoms with Crippen molar-refractivity contribution < 1.29 is 9.47 Å². The van der Waals surface area contributed by atoms with Crippen molar-refractivity contribution in [3.05, 3.63) is 29.8 Å². The maximum absolute atomic E-state index is 5.53. The van der Waals surface area contributed by atoms with E-state index in [1.54, 1.807) is 21.3 Å². The van der Waals surface area contributed by atoms with Gasteiger partial charge in [0.05, 0.1) is 13.2 Å². The van der Waals surface area contributed by atoms with E-state index < -0.39 is 0 Å². The Kier molecular flexibility index (Phi) is 15.2. The standard InChI is InChI=1S/C20H37N5O2.HI/c1-21-20(22-12-14-25(4)13-9-15-26-5)23-16-18(24(2)3)17-10-7-8-11-19(17)27-6;/h7-8,10-11,18H,9,12-16H2,1-6H3,(H2,21,22,23);1H. The van der Waals surface area contributed by atoms with E-state index in [1.807, 2.05) is 18.2 Å². The summed E-state index contributed by atoms with van der Waals surface area (Å²) in [7, 11) is 11.5. The highest BCUT2D eigenvalue weighted by Crippen LogP contribution is 2.27. The second kappa shape index (κ2) is 15.8. The van der Waals surface area contributed by atoms with Gasteiger partial charge in [-0.2, -0.15) is 0 Å². The fourth-order valence-electron chi connectivity index (χ4n) is 2.88. The van der Waals surface area contributed by atoms with E-state index in [2.05, 4.69) is 52.6 Å². The molecule has 0 fully saturated rings. The van der Waals surface area contributed by atoms with Crippen LogP contribution in [0.5, 0.6) is 5.75 Å². The number of halogens is 1. The highest BCUT2D eigenvalue weighted by atomic mass is 127. The summed E-state index contributed by atoms with van der Waals surface area (Å²) in [6, 6.07) is 8.32. The van der Waals surface area contributed by atoms with Crippen LogP contribution in [0.2, 0.25) is 0 Å². The Bertz CT molecular complexity index is 557. The van der Waals surface area contributed by atoms with Gasteiger partial charge in [0.15, 0.2) is 5.96 Å². The maximum Gasteiger partial charge on any atom is 0.191 e. The molecule has 1 aromatic carbocycles. The lowest BCUT2D eigenvalue weighted by atomic mass is 10.0. The molecular weight excluding hydrogens is 469 g/mol. The zero-order valence-corrected chi connectivity index (χ0v) is 20.5. The highest BCUT2D eigenvalue weighted by Gasteiger charge is 2.18. The van der Waals surface area contributed by atoms with Crippen LogP contribution >= 0.6 is 24.0 Å². The summed E-state index contributed by atoms with van der Waals surface area (Å²) in [5.74, 6) is 1.71. The lowest BCUT2D eigenvalue weighted by molar-refractivity contribution is 0.180. The van der Waals surface area contributed by atoms with E-state index in [-0.39, 0.29) is 30.0 Å². The summed E-state index contributed by atoms with van der Waals surface area (Å²) in [6.07, 6.45) is 1.05. The molecule has 0 aliphatic heterocycles. The van der Waals surface area contributed by atoms with Crippen LogP contribution in [0.4, 0.5) is 0 Å². The van der Waals surface area contributed by atoms with Crippen LogP contribution in [-0.2, 0) is 4.74 Å². The molecule has 28 heavy (non-hydrogen) atoms. The smallest absolute Gasteiger partial charge is 0.191 e. The number of rotatable bonds is 12. The second-order valence-corrected chi connectivity index (χ2v) is 6.75. The predicted octanol–water partition coefficient (Wildman–Crippen LogP) is 2.05. The molecule has 0 heterocycles. The van der Waals surface area contributed by atoms with Crippen molar-refractivity contribution in [3.8, 4) is 5.75 Å². The largest absolute Gasteiger partial charge is 0.496 e. The second-order valence-electron chi connectivity index (χ2n) is 6.75. The number of ether oxygens (including phenoxy) is 2. The summed E-state index contributed by atoms with van der Waals surface area (Å²) in [5.41, 5.74) is 1.16. The fraction of sp³-hybridized carbons (Fsp3) is 0.650. The van der Waals surface area contributed by atoms with Crippen LogP contribution in [0.15, 0.2) is 29.3 Å². The summed E-state index contributed by atoms with van der Waals surface area (Å²) < 4.78 is 10.6. The van der Waals surface area contributed by atoms with Gasteiger partial charge in [0.2, 0.25) is 0 Å². The molecule has 1 unspecified atom stereocenters. The molecule has 8 heteroatoms. The molecule has 162 valence electrons. The minimum Gasteiger partial charge on any atom is -0.496 e. The van der Waals surface area contributed by atoms with Crippen molar-refractivity contribution in [1.29, 1.82) is 0 Å². The number of benzene rings is 1. The Morgan fingerprint density at radius 2 is 1.82 bits per heavy atom. The van der Waals surface area contributed by atoms with Crippen LogP contribution in [0, 0.1) is 0 Å². The van der Waals surface area contributed by atoms with Gasteiger partial charge in [-0.15, -0.1) is 24.0 Å². The van der Waals surface area contributed by atoms with Gasteiger partial charge < -0.3 is 29.9 Å². The average Bonchev–Trinajstić information content (AvgIpc) is 2.67. The molecule has 0 saturated heterocycles. The van der Waals surface area contributed by atoms with Gasteiger partial charge in [-0.1, -0.05) is 18.2 Å². The van der Waals surface area contributed by atoms with Gasteiger partial charge in [-0.05, 0) is 33.6 Å². The molecule has 0 bridgehead atoms. The first kappa shape index (κ1) is 26.9. The number of methoxy groups -OCH3 is 2. The molecule has 0 amide bonds. The molecule has 1 atom stereocenters. The van der Waals surface area contributed by atoms with Gasteiger partial charge in [-0.3, -0.25) is 4.99 Å². The SMILES string of the molecule is CN=C(NCCN(C)CCCOC)NCC(c1ccccc1OC)N(C)C.I. The molecule has 2 N–H and O–H groups in total. The van der Waals surface area contributed by atoms with Crippen molar-refractivity contribution in [2.75, 3.05) is 75.2 Å². The maximum atomic E-state index is 5.53. The van der Waals surface area contributed by atoms with E-state index in [0.717, 1.165) is 56.5 Å².